The van der Waals surface area contributed by atoms with Crippen molar-refractivity contribution in [3.63, 3.8) is 0 Å². The molecule has 0 amide bonds. The zero-order chi connectivity index (χ0) is 15.6. The van der Waals surface area contributed by atoms with Crippen LogP contribution in [0.15, 0.2) is 41.3 Å². The van der Waals surface area contributed by atoms with Gasteiger partial charge in [0.25, 0.3) is 10.0 Å². The summed E-state index contributed by atoms with van der Waals surface area (Å²) in [5.41, 5.74) is 6.42. The van der Waals surface area contributed by atoms with Crippen LogP contribution in [0.5, 0.6) is 0 Å². The van der Waals surface area contributed by atoms with Crippen molar-refractivity contribution in [2.45, 2.75) is 11.8 Å². The van der Waals surface area contributed by atoms with Gasteiger partial charge in [0.2, 0.25) is 0 Å². The molecular weight excluding hydrogens is 293 g/mol. The monoisotopic (exact) mass is 305 g/mol. The molecule has 0 saturated carbocycles. The van der Waals surface area contributed by atoms with E-state index in [1.807, 2.05) is 0 Å². The number of nitrogen functional groups attached to an aromatic ring is 1. The number of aryl methyl sites for hydroxylation is 1. The summed E-state index contributed by atoms with van der Waals surface area (Å²) in [6.07, 6.45) is 0. The van der Waals surface area contributed by atoms with Crippen LogP contribution in [-0.4, -0.2) is 8.42 Å². The SMILES string of the molecule is Cc1ccc(N)cc1NS(=O)(=O)c1cccc(F)c1C#N. The van der Waals surface area contributed by atoms with Crippen LogP contribution >= 0.6 is 0 Å². The molecule has 0 aliphatic rings. The first-order valence-corrected chi connectivity index (χ1v) is 7.41. The second-order valence-electron chi connectivity index (χ2n) is 4.40. The van der Waals surface area contributed by atoms with Crippen molar-refractivity contribution in [2.24, 2.45) is 0 Å². The minimum Gasteiger partial charge on any atom is -0.399 e. The van der Waals surface area contributed by atoms with Gasteiger partial charge in [-0.05, 0) is 36.8 Å². The quantitative estimate of drug-likeness (QED) is 0.851. The topological polar surface area (TPSA) is 96.0 Å². The lowest BCUT2D eigenvalue weighted by atomic mass is 10.2. The Bertz CT molecular complexity index is 842. The van der Waals surface area contributed by atoms with Crippen LogP contribution in [0, 0.1) is 24.1 Å². The molecule has 0 radical (unpaired) electrons. The lowest BCUT2D eigenvalue weighted by molar-refractivity contribution is 0.593. The zero-order valence-electron chi connectivity index (χ0n) is 11.1. The molecule has 0 spiro atoms. The minimum absolute atomic E-state index is 0.281. The molecule has 2 aromatic carbocycles. The molecule has 0 aromatic heterocycles. The zero-order valence-corrected chi connectivity index (χ0v) is 11.9. The molecule has 0 unspecified atom stereocenters. The number of nitriles is 1. The Morgan fingerprint density at radius 3 is 2.67 bits per heavy atom. The van der Waals surface area contributed by atoms with Crippen LogP contribution in [0.3, 0.4) is 0 Å². The average Bonchev–Trinajstić information content (AvgIpc) is 2.42. The number of anilines is 2. The fourth-order valence-corrected chi connectivity index (χ4v) is 3.08. The van der Waals surface area contributed by atoms with Gasteiger partial charge in [-0.3, -0.25) is 4.72 Å². The van der Waals surface area contributed by atoms with E-state index < -0.39 is 26.3 Å². The first kappa shape index (κ1) is 14.8. The van der Waals surface area contributed by atoms with E-state index >= 15 is 0 Å². The van der Waals surface area contributed by atoms with Crippen molar-refractivity contribution in [1.29, 1.82) is 5.26 Å². The number of hydrogen-bond acceptors (Lipinski definition) is 4. The third kappa shape index (κ3) is 2.95. The third-order valence-corrected chi connectivity index (χ3v) is 4.29. The first-order valence-electron chi connectivity index (χ1n) is 5.92. The Labute approximate surface area is 121 Å². The summed E-state index contributed by atoms with van der Waals surface area (Å²) < 4.78 is 40.5. The first-order chi connectivity index (χ1) is 9.85. The van der Waals surface area contributed by atoms with E-state index in [-0.39, 0.29) is 5.69 Å². The Balaban J connectivity index is 2.52. The summed E-state index contributed by atoms with van der Waals surface area (Å²) in [5.74, 6) is -0.885. The Morgan fingerprint density at radius 2 is 2.00 bits per heavy atom. The maximum atomic E-state index is 13.5. The highest BCUT2D eigenvalue weighted by atomic mass is 32.2. The summed E-state index contributed by atoms with van der Waals surface area (Å²) in [6, 6.07) is 9.75. The Kier molecular flexibility index (Phi) is 3.82. The average molecular weight is 305 g/mol. The van der Waals surface area contributed by atoms with Crippen molar-refractivity contribution in [3.8, 4) is 6.07 Å². The molecular formula is C14H12FN3O2S. The van der Waals surface area contributed by atoms with Crippen LogP contribution in [-0.2, 0) is 10.0 Å². The summed E-state index contributed by atoms with van der Waals surface area (Å²) >= 11 is 0. The van der Waals surface area contributed by atoms with E-state index in [0.29, 0.717) is 11.3 Å². The molecule has 0 heterocycles. The fourth-order valence-electron chi connectivity index (χ4n) is 1.79. The Hall–Kier alpha value is -2.59. The standard InChI is InChI=1S/C14H12FN3O2S/c1-9-5-6-10(17)7-13(9)18-21(19,20)14-4-2-3-12(15)11(14)8-16/h2-7,18H,17H2,1H3. The van der Waals surface area contributed by atoms with Gasteiger partial charge in [0.1, 0.15) is 22.3 Å². The molecule has 108 valence electrons. The normalized spacial score (nSPS) is 10.9. The molecule has 7 heteroatoms. The second kappa shape index (κ2) is 5.42. The number of hydrogen-bond donors (Lipinski definition) is 2. The highest BCUT2D eigenvalue weighted by molar-refractivity contribution is 7.92. The predicted octanol–water partition coefficient (Wildman–Crippen LogP) is 2.39. The molecule has 0 atom stereocenters. The van der Waals surface area contributed by atoms with E-state index in [4.69, 9.17) is 11.0 Å². The van der Waals surface area contributed by atoms with Gasteiger partial charge in [0, 0.05) is 5.69 Å². The summed E-state index contributed by atoms with van der Waals surface area (Å²) in [6.45, 7) is 1.70. The molecule has 0 aliphatic carbocycles. The fraction of sp³-hybridized carbons (Fsp3) is 0.0714. The lowest BCUT2D eigenvalue weighted by Crippen LogP contribution is -2.16. The van der Waals surface area contributed by atoms with Crippen molar-refractivity contribution in [2.75, 3.05) is 10.5 Å². The van der Waals surface area contributed by atoms with Crippen molar-refractivity contribution < 1.29 is 12.8 Å². The number of halogens is 1. The van der Waals surface area contributed by atoms with Crippen LogP contribution in [0.1, 0.15) is 11.1 Å². The van der Waals surface area contributed by atoms with E-state index in [2.05, 4.69) is 4.72 Å². The third-order valence-electron chi connectivity index (χ3n) is 2.88. The van der Waals surface area contributed by atoms with E-state index in [1.54, 1.807) is 25.1 Å². The summed E-state index contributed by atoms with van der Waals surface area (Å²) in [7, 11) is -4.09. The highest BCUT2D eigenvalue weighted by Crippen LogP contribution is 2.24. The number of nitrogens with zero attached hydrogens (tertiary/aromatic N) is 1. The van der Waals surface area contributed by atoms with Crippen molar-refractivity contribution >= 4 is 21.4 Å². The predicted molar refractivity (Wildman–Crippen MR) is 77.5 cm³/mol. The largest absolute Gasteiger partial charge is 0.399 e. The minimum atomic E-state index is -4.09. The molecule has 2 aromatic rings. The molecule has 0 fully saturated rings. The van der Waals surface area contributed by atoms with E-state index in [9.17, 15) is 12.8 Å². The molecule has 0 bridgehead atoms. The van der Waals surface area contributed by atoms with Crippen LogP contribution in [0.4, 0.5) is 15.8 Å². The smallest absolute Gasteiger partial charge is 0.263 e. The number of nitrogens with one attached hydrogen (secondary N) is 1. The molecule has 0 aliphatic heterocycles. The van der Waals surface area contributed by atoms with E-state index in [1.165, 1.54) is 18.2 Å². The van der Waals surface area contributed by atoms with Gasteiger partial charge < -0.3 is 5.73 Å². The molecule has 2 rings (SSSR count). The van der Waals surface area contributed by atoms with Gasteiger partial charge in [-0.2, -0.15) is 5.26 Å². The van der Waals surface area contributed by atoms with Gasteiger partial charge in [-0.25, -0.2) is 12.8 Å². The molecule has 3 N–H and O–H groups in total. The number of benzene rings is 2. The van der Waals surface area contributed by atoms with Gasteiger partial charge in [-0.15, -0.1) is 0 Å². The maximum absolute atomic E-state index is 13.5. The van der Waals surface area contributed by atoms with Crippen molar-refractivity contribution in [3.05, 3.63) is 53.3 Å². The maximum Gasteiger partial charge on any atom is 0.263 e. The van der Waals surface area contributed by atoms with Crippen LogP contribution < -0.4 is 10.5 Å². The van der Waals surface area contributed by atoms with Gasteiger partial charge >= 0.3 is 0 Å². The lowest BCUT2D eigenvalue weighted by Gasteiger charge is -2.12. The van der Waals surface area contributed by atoms with Gasteiger partial charge in [0.05, 0.1) is 5.69 Å². The van der Waals surface area contributed by atoms with Gasteiger partial charge in [-0.1, -0.05) is 12.1 Å². The van der Waals surface area contributed by atoms with E-state index in [0.717, 1.165) is 6.07 Å². The highest BCUT2D eigenvalue weighted by Gasteiger charge is 2.21. The molecule has 0 saturated heterocycles. The number of sulfonamides is 1. The van der Waals surface area contributed by atoms with Crippen molar-refractivity contribution in [1.82, 2.24) is 0 Å². The van der Waals surface area contributed by atoms with Gasteiger partial charge in [0.15, 0.2) is 0 Å². The molecule has 5 nitrogen and oxygen atoms in total. The van der Waals surface area contributed by atoms with Crippen LogP contribution in [0.2, 0.25) is 0 Å². The Morgan fingerprint density at radius 1 is 1.29 bits per heavy atom. The molecule has 21 heavy (non-hydrogen) atoms. The van der Waals surface area contributed by atoms with Crippen LogP contribution in [0.25, 0.3) is 0 Å². The number of rotatable bonds is 3. The second-order valence-corrected chi connectivity index (χ2v) is 6.06. The summed E-state index contributed by atoms with van der Waals surface area (Å²) in [4.78, 5) is -0.410. The number of nitrogens with two attached hydrogens (primary N) is 1. The summed E-state index contributed by atoms with van der Waals surface area (Å²) in [5, 5.41) is 8.93.